The Hall–Kier alpha value is -1.88. The second-order valence-corrected chi connectivity index (χ2v) is 9.19. The van der Waals surface area contributed by atoms with Gasteiger partial charge in [-0.1, -0.05) is 17.7 Å². The molecule has 1 heterocycles. The van der Waals surface area contributed by atoms with Crippen LogP contribution in [0.15, 0.2) is 29.2 Å². The first-order chi connectivity index (χ1) is 12.9. The fourth-order valence-corrected chi connectivity index (χ4v) is 6.23. The van der Waals surface area contributed by atoms with E-state index in [2.05, 4.69) is 10.4 Å². The molecule has 4 nitrogen and oxygen atoms in total. The third-order valence-corrected chi connectivity index (χ3v) is 7.21. The number of nitrogens with one attached hydrogen (secondary N) is 1. The number of halogens is 2. The first-order valence-corrected chi connectivity index (χ1v) is 10.1. The van der Waals surface area contributed by atoms with Gasteiger partial charge in [0.25, 0.3) is 5.56 Å². The smallest absolute Gasteiger partial charge is 0.288 e. The van der Waals surface area contributed by atoms with E-state index in [1.807, 2.05) is 6.92 Å². The van der Waals surface area contributed by atoms with Gasteiger partial charge in [0.15, 0.2) is 0 Å². The molecule has 0 radical (unpaired) electrons. The highest BCUT2D eigenvalue weighted by Crippen LogP contribution is 2.58. The summed E-state index contributed by atoms with van der Waals surface area (Å²) in [5, 5.41) is 7.75. The van der Waals surface area contributed by atoms with E-state index in [-0.39, 0.29) is 21.9 Å². The Balaban J connectivity index is 1.51. The van der Waals surface area contributed by atoms with Gasteiger partial charge in [0.2, 0.25) is 0 Å². The van der Waals surface area contributed by atoms with Crippen LogP contribution in [0, 0.1) is 30.5 Å². The van der Waals surface area contributed by atoms with Crippen LogP contribution in [0.3, 0.4) is 0 Å². The molecule has 0 spiro atoms. The van der Waals surface area contributed by atoms with Crippen molar-refractivity contribution in [3.8, 4) is 0 Å². The molecule has 4 saturated carbocycles. The van der Waals surface area contributed by atoms with E-state index >= 15 is 0 Å². The minimum atomic E-state index is -0.339. The van der Waals surface area contributed by atoms with Crippen LogP contribution in [-0.2, 0) is 5.54 Å². The van der Waals surface area contributed by atoms with Gasteiger partial charge in [0, 0.05) is 5.69 Å². The van der Waals surface area contributed by atoms with Crippen LogP contribution in [0.25, 0.3) is 0 Å². The number of anilines is 2. The fraction of sp³-hybridized carbons (Fsp3) is 0.524. The maximum absolute atomic E-state index is 13.6. The zero-order chi connectivity index (χ0) is 18.8. The largest absolute Gasteiger partial charge is 0.353 e. The van der Waals surface area contributed by atoms with Gasteiger partial charge < -0.3 is 5.32 Å². The predicted molar refractivity (Wildman–Crippen MR) is 104 cm³/mol. The number of rotatable bonds is 3. The van der Waals surface area contributed by atoms with Crippen LogP contribution >= 0.6 is 11.6 Å². The van der Waals surface area contributed by atoms with E-state index in [4.69, 9.17) is 11.6 Å². The Kier molecular flexibility index (Phi) is 3.87. The molecule has 4 bridgehead atoms. The molecule has 0 amide bonds. The van der Waals surface area contributed by atoms with E-state index in [0.717, 1.165) is 42.6 Å². The zero-order valence-electron chi connectivity index (χ0n) is 15.3. The highest BCUT2D eigenvalue weighted by molar-refractivity contribution is 6.33. The van der Waals surface area contributed by atoms with Crippen LogP contribution in [-0.4, -0.2) is 9.78 Å². The molecule has 4 aliphatic rings. The first-order valence-electron chi connectivity index (χ1n) is 9.75. The maximum Gasteiger partial charge on any atom is 0.288 e. The second kappa shape index (κ2) is 6.06. The summed E-state index contributed by atoms with van der Waals surface area (Å²) in [5.41, 5.74) is 1.49. The summed E-state index contributed by atoms with van der Waals surface area (Å²) in [6, 6.07) is 4.50. The van der Waals surface area contributed by atoms with Crippen LogP contribution in [0.5, 0.6) is 0 Å². The average Bonchev–Trinajstić information content (AvgIpc) is 2.61. The minimum absolute atomic E-state index is 0.129. The molecule has 6 rings (SSSR count). The molecule has 27 heavy (non-hydrogen) atoms. The van der Waals surface area contributed by atoms with Gasteiger partial charge >= 0.3 is 0 Å². The van der Waals surface area contributed by atoms with Crippen molar-refractivity contribution in [3.05, 3.63) is 51.2 Å². The number of aryl methyl sites for hydroxylation is 1. The van der Waals surface area contributed by atoms with Gasteiger partial charge in [-0.15, -0.1) is 0 Å². The van der Waals surface area contributed by atoms with Gasteiger partial charge in [-0.05, 0) is 80.9 Å². The summed E-state index contributed by atoms with van der Waals surface area (Å²) in [5.74, 6) is 1.82. The predicted octanol–water partition coefficient (Wildman–Crippen LogP) is 5.01. The molecule has 0 aliphatic heterocycles. The van der Waals surface area contributed by atoms with Gasteiger partial charge in [0.1, 0.15) is 10.8 Å². The Bertz CT molecular complexity index is 935. The normalized spacial score (nSPS) is 31.3. The lowest BCUT2D eigenvalue weighted by molar-refractivity contribution is -0.0518. The van der Waals surface area contributed by atoms with Crippen LogP contribution in [0.2, 0.25) is 5.02 Å². The molecule has 4 aliphatic carbocycles. The summed E-state index contributed by atoms with van der Waals surface area (Å²) in [6.07, 6.45) is 8.65. The van der Waals surface area contributed by atoms with Crippen molar-refractivity contribution < 1.29 is 4.39 Å². The van der Waals surface area contributed by atoms with E-state index in [1.165, 1.54) is 31.4 Å². The van der Waals surface area contributed by atoms with Gasteiger partial charge in [-0.3, -0.25) is 4.79 Å². The monoisotopic (exact) mass is 387 g/mol. The maximum atomic E-state index is 13.6. The second-order valence-electron chi connectivity index (χ2n) is 8.82. The molecule has 0 unspecified atom stereocenters. The quantitative estimate of drug-likeness (QED) is 0.804. The number of hydrogen-bond acceptors (Lipinski definition) is 3. The summed E-state index contributed by atoms with van der Waals surface area (Å²) < 4.78 is 15.2. The highest BCUT2D eigenvalue weighted by atomic mass is 35.5. The molecule has 6 heteroatoms. The van der Waals surface area contributed by atoms with Crippen molar-refractivity contribution in [2.45, 2.75) is 51.0 Å². The number of aromatic nitrogens is 2. The van der Waals surface area contributed by atoms with Gasteiger partial charge in [-0.25, -0.2) is 9.07 Å². The Morgan fingerprint density at radius 1 is 1.15 bits per heavy atom. The molecule has 0 atom stereocenters. The molecular formula is C21H23ClFN3O. The van der Waals surface area contributed by atoms with Gasteiger partial charge in [0.05, 0.1) is 17.4 Å². The van der Waals surface area contributed by atoms with E-state index in [0.29, 0.717) is 11.4 Å². The summed E-state index contributed by atoms with van der Waals surface area (Å²) in [6.45, 7) is 1.87. The molecule has 4 fully saturated rings. The van der Waals surface area contributed by atoms with Crippen molar-refractivity contribution in [1.82, 2.24) is 9.78 Å². The molecular weight excluding hydrogens is 365 g/mol. The molecule has 1 aromatic heterocycles. The van der Waals surface area contributed by atoms with Crippen LogP contribution in [0.4, 0.5) is 15.8 Å². The Labute approximate surface area is 162 Å². The summed E-state index contributed by atoms with van der Waals surface area (Å²) in [7, 11) is 0. The fourth-order valence-electron chi connectivity index (χ4n) is 6.06. The van der Waals surface area contributed by atoms with Crippen LogP contribution in [0.1, 0.15) is 44.1 Å². The standard InChI is InChI=1S/C21H23ClFN3O/c1-12-2-3-16(23)7-17(12)25-18-11-24-26(20(27)19(18)22)21-8-13-4-14(9-21)6-15(5-13)10-21/h2-3,7,11,13-15,25H,4-6,8-10H2,1H3. The number of hydrogen-bond donors (Lipinski definition) is 1. The third kappa shape index (κ3) is 2.78. The number of benzene rings is 1. The number of nitrogens with zero attached hydrogens (tertiary/aromatic N) is 2. The minimum Gasteiger partial charge on any atom is -0.353 e. The SMILES string of the molecule is Cc1ccc(F)cc1Nc1cnn(C23CC4CC(CC(C4)C2)C3)c(=O)c1Cl. The lowest BCUT2D eigenvalue weighted by Crippen LogP contribution is -2.55. The Morgan fingerprint density at radius 2 is 1.78 bits per heavy atom. The molecule has 0 saturated heterocycles. The molecule has 142 valence electrons. The third-order valence-electron chi connectivity index (χ3n) is 6.84. The van der Waals surface area contributed by atoms with Gasteiger partial charge in [-0.2, -0.15) is 5.10 Å². The lowest BCUT2D eigenvalue weighted by atomic mass is 9.53. The lowest BCUT2D eigenvalue weighted by Gasteiger charge is -2.56. The average molecular weight is 388 g/mol. The summed E-state index contributed by atoms with van der Waals surface area (Å²) in [4.78, 5) is 13.1. The van der Waals surface area contributed by atoms with E-state index in [1.54, 1.807) is 16.9 Å². The van der Waals surface area contributed by atoms with E-state index in [9.17, 15) is 9.18 Å². The first kappa shape index (κ1) is 17.2. The van der Waals surface area contributed by atoms with E-state index < -0.39 is 0 Å². The molecule has 1 aromatic carbocycles. The molecule has 2 aromatic rings. The topological polar surface area (TPSA) is 46.9 Å². The molecule has 1 N–H and O–H groups in total. The zero-order valence-corrected chi connectivity index (χ0v) is 16.1. The summed E-state index contributed by atoms with van der Waals surface area (Å²) >= 11 is 6.45. The van der Waals surface area contributed by atoms with Crippen molar-refractivity contribution in [1.29, 1.82) is 0 Å². The van der Waals surface area contributed by atoms with Crippen molar-refractivity contribution >= 4 is 23.0 Å². The van der Waals surface area contributed by atoms with Crippen molar-refractivity contribution in [2.24, 2.45) is 17.8 Å². The van der Waals surface area contributed by atoms with Crippen LogP contribution < -0.4 is 10.9 Å². The highest BCUT2D eigenvalue weighted by Gasteiger charge is 2.53. The van der Waals surface area contributed by atoms with Crippen molar-refractivity contribution in [3.63, 3.8) is 0 Å². The van der Waals surface area contributed by atoms with Crippen molar-refractivity contribution in [2.75, 3.05) is 5.32 Å². The Morgan fingerprint density at radius 3 is 2.41 bits per heavy atom.